The minimum absolute atomic E-state index is 0.780. The van der Waals surface area contributed by atoms with E-state index in [4.69, 9.17) is 0 Å². The van der Waals surface area contributed by atoms with Crippen molar-refractivity contribution in [2.75, 3.05) is 0 Å². The maximum Gasteiger partial charge on any atom is 0.0257 e. The lowest BCUT2D eigenvalue weighted by Gasteiger charge is -2.40. The molecule has 1 aromatic rings. The molecule has 90 valence electrons. The molecule has 2 nitrogen and oxygen atoms in total. The van der Waals surface area contributed by atoms with Gasteiger partial charge in [-0.2, -0.15) is 0 Å². The van der Waals surface area contributed by atoms with Gasteiger partial charge in [-0.05, 0) is 31.2 Å². The normalized spacial score (nSPS) is 39.8. The zero-order chi connectivity index (χ0) is 11.2. The lowest BCUT2D eigenvalue weighted by molar-refractivity contribution is 0.104. The maximum absolute atomic E-state index is 3.83. The molecule has 3 saturated heterocycles. The maximum atomic E-state index is 3.83. The molecule has 3 aliphatic heterocycles. The number of hydrogen-bond donors (Lipinski definition) is 1. The number of nitrogens with zero attached hydrogens (tertiary/aromatic N) is 1. The van der Waals surface area contributed by atoms with Gasteiger partial charge < -0.3 is 5.32 Å². The molecule has 0 aliphatic carbocycles. The third-order valence-corrected chi connectivity index (χ3v) is 4.96. The second-order valence-corrected chi connectivity index (χ2v) is 5.83. The first kappa shape index (κ1) is 10.1. The highest BCUT2D eigenvalue weighted by Crippen LogP contribution is 2.40. The van der Waals surface area contributed by atoms with Crippen LogP contribution in [-0.4, -0.2) is 29.1 Å². The third kappa shape index (κ3) is 1.54. The molecular weight excluding hydrogens is 208 g/mol. The van der Waals surface area contributed by atoms with Crippen molar-refractivity contribution in [3.8, 4) is 0 Å². The molecule has 4 bridgehead atoms. The third-order valence-electron chi connectivity index (χ3n) is 4.96. The number of nitrogens with one attached hydrogen (secondary N) is 1. The van der Waals surface area contributed by atoms with E-state index < -0.39 is 0 Å². The van der Waals surface area contributed by atoms with Crippen LogP contribution in [0.15, 0.2) is 30.3 Å². The van der Waals surface area contributed by atoms with E-state index in [0.717, 1.165) is 30.7 Å². The van der Waals surface area contributed by atoms with Crippen LogP contribution in [0.5, 0.6) is 0 Å². The number of rotatable bonds is 2. The quantitative estimate of drug-likeness (QED) is 0.834. The van der Waals surface area contributed by atoms with Crippen molar-refractivity contribution in [1.82, 2.24) is 10.2 Å². The van der Waals surface area contributed by atoms with Crippen molar-refractivity contribution in [2.24, 2.45) is 0 Å². The van der Waals surface area contributed by atoms with Gasteiger partial charge in [-0.25, -0.2) is 0 Å². The molecule has 4 atom stereocenters. The number of benzene rings is 1. The summed E-state index contributed by atoms with van der Waals surface area (Å²) in [4.78, 5) is 2.79. The van der Waals surface area contributed by atoms with E-state index in [0.29, 0.717) is 0 Å². The molecule has 1 aromatic carbocycles. The largest absolute Gasteiger partial charge is 0.308 e. The van der Waals surface area contributed by atoms with E-state index in [1.165, 1.54) is 31.2 Å². The fourth-order valence-electron chi connectivity index (χ4n) is 4.22. The van der Waals surface area contributed by atoms with Crippen LogP contribution in [0.3, 0.4) is 0 Å². The zero-order valence-corrected chi connectivity index (χ0v) is 10.2. The average molecular weight is 228 g/mol. The molecule has 0 unspecified atom stereocenters. The van der Waals surface area contributed by atoms with E-state index in [1.54, 1.807) is 0 Å². The Morgan fingerprint density at radius 1 is 0.941 bits per heavy atom. The van der Waals surface area contributed by atoms with E-state index in [2.05, 4.69) is 40.5 Å². The summed E-state index contributed by atoms with van der Waals surface area (Å²) in [6.45, 7) is 1.16. The number of hydrogen-bond acceptors (Lipinski definition) is 2. The Labute approximate surface area is 103 Å². The summed E-state index contributed by atoms with van der Waals surface area (Å²) in [5, 5.41) is 3.83. The Morgan fingerprint density at radius 3 is 2.24 bits per heavy atom. The Morgan fingerprint density at radius 2 is 1.59 bits per heavy atom. The molecule has 3 heterocycles. The van der Waals surface area contributed by atoms with E-state index in [1.807, 2.05) is 0 Å². The lowest BCUT2D eigenvalue weighted by atomic mass is 10.0. The van der Waals surface area contributed by atoms with Gasteiger partial charge in [0.2, 0.25) is 0 Å². The summed E-state index contributed by atoms with van der Waals surface area (Å²) >= 11 is 0. The summed E-state index contributed by atoms with van der Waals surface area (Å²) in [6.07, 6.45) is 5.62. The fourth-order valence-corrected chi connectivity index (χ4v) is 4.22. The van der Waals surface area contributed by atoms with Gasteiger partial charge in [-0.1, -0.05) is 30.3 Å². The Hall–Kier alpha value is -0.860. The van der Waals surface area contributed by atoms with Crippen molar-refractivity contribution in [3.05, 3.63) is 35.9 Å². The van der Waals surface area contributed by atoms with Gasteiger partial charge in [0.25, 0.3) is 0 Å². The molecule has 0 radical (unpaired) electrons. The minimum Gasteiger partial charge on any atom is -0.308 e. The first-order chi connectivity index (χ1) is 8.42. The topological polar surface area (TPSA) is 15.3 Å². The van der Waals surface area contributed by atoms with Crippen LogP contribution in [0.1, 0.15) is 31.2 Å². The predicted molar refractivity (Wildman–Crippen MR) is 68.7 cm³/mol. The molecule has 17 heavy (non-hydrogen) atoms. The summed E-state index contributed by atoms with van der Waals surface area (Å²) in [5.74, 6) is 0. The molecule has 0 saturated carbocycles. The highest BCUT2D eigenvalue weighted by molar-refractivity contribution is 5.17. The van der Waals surface area contributed by atoms with E-state index >= 15 is 0 Å². The summed E-state index contributed by atoms with van der Waals surface area (Å²) < 4.78 is 0. The predicted octanol–water partition coefficient (Wildman–Crippen LogP) is 2.15. The zero-order valence-electron chi connectivity index (χ0n) is 10.2. The highest BCUT2D eigenvalue weighted by Gasteiger charge is 2.49. The minimum atomic E-state index is 0.780. The van der Waals surface area contributed by atoms with Gasteiger partial charge in [0.1, 0.15) is 0 Å². The number of piperazine rings is 1. The first-order valence-corrected chi connectivity index (χ1v) is 6.97. The van der Waals surface area contributed by atoms with E-state index in [9.17, 15) is 0 Å². The SMILES string of the molecule is c1ccc(CN2[C@H]3CC[C@H]2[C@H]2CC[C@H]3N2)cc1. The second kappa shape index (κ2) is 3.82. The Balaban J connectivity index is 1.59. The van der Waals surface area contributed by atoms with Gasteiger partial charge in [0, 0.05) is 30.7 Å². The van der Waals surface area contributed by atoms with E-state index in [-0.39, 0.29) is 0 Å². The van der Waals surface area contributed by atoms with Crippen molar-refractivity contribution in [2.45, 2.75) is 56.4 Å². The summed E-state index contributed by atoms with van der Waals surface area (Å²) in [7, 11) is 0. The smallest absolute Gasteiger partial charge is 0.0257 e. The number of fused-ring (bicyclic) bond motifs is 6. The molecule has 2 heteroatoms. The van der Waals surface area contributed by atoms with Crippen LogP contribution in [0.4, 0.5) is 0 Å². The molecule has 0 amide bonds. The van der Waals surface area contributed by atoms with Crippen molar-refractivity contribution >= 4 is 0 Å². The molecule has 0 spiro atoms. The average Bonchev–Trinajstić information content (AvgIpc) is 2.87. The molecular formula is C15H20N2. The van der Waals surface area contributed by atoms with Crippen LogP contribution in [-0.2, 0) is 6.54 Å². The van der Waals surface area contributed by atoms with Crippen LogP contribution in [0, 0.1) is 0 Å². The second-order valence-electron chi connectivity index (χ2n) is 5.83. The van der Waals surface area contributed by atoms with Gasteiger partial charge in [0.05, 0.1) is 0 Å². The van der Waals surface area contributed by atoms with Crippen molar-refractivity contribution in [3.63, 3.8) is 0 Å². The van der Waals surface area contributed by atoms with Crippen molar-refractivity contribution in [1.29, 1.82) is 0 Å². The van der Waals surface area contributed by atoms with Crippen molar-refractivity contribution < 1.29 is 0 Å². The van der Waals surface area contributed by atoms with Crippen LogP contribution in [0.2, 0.25) is 0 Å². The summed E-state index contributed by atoms with van der Waals surface area (Å²) in [6, 6.07) is 14.1. The van der Waals surface area contributed by atoms with Gasteiger partial charge in [-0.15, -0.1) is 0 Å². The van der Waals surface area contributed by atoms with Crippen LogP contribution in [0.25, 0.3) is 0 Å². The van der Waals surface area contributed by atoms with Gasteiger partial charge in [-0.3, -0.25) is 4.90 Å². The molecule has 3 fully saturated rings. The molecule has 0 aromatic heterocycles. The fraction of sp³-hybridized carbons (Fsp3) is 0.600. The van der Waals surface area contributed by atoms with Crippen LogP contribution >= 0.6 is 0 Å². The first-order valence-electron chi connectivity index (χ1n) is 6.97. The Bertz CT molecular complexity index is 385. The summed E-state index contributed by atoms with van der Waals surface area (Å²) in [5.41, 5.74) is 1.48. The lowest BCUT2D eigenvalue weighted by Crippen LogP contribution is -2.57. The Kier molecular flexibility index (Phi) is 2.27. The van der Waals surface area contributed by atoms with Crippen LogP contribution < -0.4 is 5.32 Å². The molecule has 1 N–H and O–H groups in total. The standard InChI is InChI=1S/C15H20N2/c1-2-4-11(5-3-1)10-17-14-8-9-15(17)13-7-6-12(14)16-13/h1-5,12-16H,6-10H2/t12-,13-,14+,15+/m1/s1. The monoisotopic (exact) mass is 228 g/mol. The highest BCUT2D eigenvalue weighted by atomic mass is 15.3. The molecule has 3 aliphatic rings. The van der Waals surface area contributed by atoms with Gasteiger partial charge in [0.15, 0.2) is 0 Å². The van der Waals surface area contributed by atoms with Gasteiger partial charge >= 0.3 is 0 Å². The molecule has 4 rings (SSSR count).